The number of methoxy groups -OCH3 is 1. The molecule has 0 fully saturated rings. The average Bonchev–Trinajstić information content (AvgIpc) is 2.27. The second-order valence-electron chi connectivity index (χ2n) is 5.63. The summed E-state index contributed by atoms with van der Waals surface area (Å²) in [6.07, 6.45) is -0.177. The lowest BCUT2D eigenvalue weighted by atomic mass is 9.95. The molecular weight excluding hydrogens is 248 g/mol. The Bertz CT molecular complexity index is 300. The lowest BCUT2D eigenvalue weighted by Gasteiger charge is -2.21. The van der Waals surface area contributed by atoms with E-state index in [0.717, 1.165) is 0 Å². The fraction of sp³-hybridized carbons (Fsp3) is 0.846. The van der Waals surface area contributed by atoms with Gasteiger partial charge in [0.15, 0.2) is 0 Å². The second kappa shape index (κ2) is 8.12. The number of aliphatic hydroxyl groups excluding tert-OH is 1. The van der Waals surface area contributed by atoms with Crippen LogP contribution in [0, 0.1) is 5.41 Å². The summed E-state index contributed by atoms with van der Waals surface area (Å²) in [5.74, 6) is -0.434. The predicted molar refractivity (Wildman–Crippen MR) is 72.6 cm³/mol. The first-order valence-corrected chi connectivity index (χ1v) is 6.44. The van der Waals surface area contributed by atoms with Crippen molar-refractivity contribution in [1.82, 2.24) is 10.6 Å². The topological polar surface area (TPSA) is 87.7 Å². The average molecular weight is 274 g/mol. The minimum absolute atomic E-state index is 0.172. The number of nitrogens with one attached hydrogen (secondary N) is 2. The van der Waals surface area contributed by atoms with Gasteiger partial charge in [-0.1, -0.05) is 20.8 Å². The van der Waals surface area contributed by atoms with Crippen LogP contribution in [-0.4, -0.2) is 49.3 Å². The summed E-state index contributed by atoms with van der Waals surface area (Å²) >= 11 is 0. The quantitative estimate of drug-likeness (QED) is 0.612. The summed E-state index contributed by atoms with van der Waals surface area (Å²) in [6, 6.07) is -0.591. The highest BCUT2D eigenvalue weighted by Gasteiger charge is 2.24. The summed E-state index contributed by atoms with van der Waals surface area (Å²) in [4.78, 5) is 23.4. The molecule has 0 aliphatic rings. The van der Waals surface area contributed by atoms with Crippen molar-refractivity contribution in [3.8, 4) is 0 Å². The highest BCUT2D eigenvalue weighted by Crippen LogP contribution is 2.12. The van der Waals surface area contributed by atoms with Gasteiger partial charge in [0.05, 0.1) is 12.7 Å². The van der Waals surface area contributed by atoms with E-state index in [9.17, 15) is 14.7 Å². The molecule has 0 spiro atoms. The van der Waals surface area contributed by atoms with E-state index < -0.39 is 17.6 Å². The van der Waals surface area contributed by atoms with Gasteiger partial charge >= 0.3 is 0 Å². The molecule has 2 amide bonds. The van der Waals surface area contributed by atoms with E-state index >= 15 is 0 Å². The van der Waals surface area contributed by atoms with E-state index in [1.165, 1.54) is 7.11 Å². The SMILES string of the molecule is COCC(O)CCNC(=O)C(C)NC(=O)C(C)(C)C. The normalized spacial score (nSPS) is 14.6. The van der Waals surface area contributed by atoms with Crippen LogP contribution in [0.3, 0.4) is 0 Å². The van der Waals surface area contributed by atoms with Crippen LogP contribution in [0.4, 0.5) is 0 Å². The fourth-order valence-electron chi connectivity index (χ4n) is 1.27. The Morgan fingerprint density at radius 3 is 2.37 bits per heavy atom. The minimum atomic E-state index is -0.593. The number of hydrogen-bond donors (Lipinski definition) is 3. The maximum absolute atomic E-state index is 11.7. The van der Waals surface area contributed by atoms with Crippen LogP contribution in [0.2, 0.25) is 0 Å². The number of aliphatic hydroxyl groups is 1. The van der Waals surface area contributed by atoms with Crippen molar-refractivity contribution in [1.29, 1.82) is 0 Å². The van der Waals surface area contributed by atoms with Crippen molar-refractivity contribution in [2.24, 2.45) is 5.41 Å². The van der Waals surface area contributed by atoms with Crippen LogP contribution in [0.5, 0.6) is 0 Å². The van der Waals surface area contributed by atoms with E-state index in [-0.39, 0.29) is 18.4 Å². The van der Waals surface area contributed by atoms with Gasteiger partial charge in [-0.15, -0.1) is 0 Å². The van der Waals surface area contributed by atoms with E-state index in [2.05, 4.69) is 10.6 Å². The molecule has 0 saturated heterocycles. The van der Waals surface area contributed by atoms with Crippen LogP contribution in [0.25, 0.3) is 0 Å². The van der Waals surface area contributed by atoms with Gasteiger partial charge in [0, 0.05) is 19.1 Å². The minimum Gasteiger partial charge on any atom is -0.391 e. The molecular formula is C13H26N2O4. The molecule has 6 nitrogen and oxygen atoms in total. The molecule has 0 aliphatic heterocycles. The molecule has 112 valence electrons. The summed E-state index contributed by atoms with van der Waals surface area (Å²) in [5, 5.41) is 14.7. The van der Waals surface area contributed by atoms with E-state index in [1.54, 1.807) is 27.7 Å². The third-order valence-electron chi connectivity index (χ3n) is 2.56. The molecule has 19 heavy (non-hydrogen) atoms. The van der Waals surface area contributed by atoms with E-state index in [4.69, 9.17) is 4.74 Å². The first kappa shape index (κ1) is 17.9. The van der Waals surface area contributed by atoms with Gasteiger partial charge in [-0.25, -0.2) is 0 Å². The molecule has 2 atom stereocenters. The Morgan fingerprint density at radius 1 is 1.32 bits per heavy atom. The van der Waals surface area contributed by atoms with Gasteiger partial charge in [-0.2, -0.15) is 0 Å². The summed E-state index contributed by atoms with van der Waals surface area (Å²) in [5.41, 5.74) is -0.525. The van der Waals surface area contributed by atoms with E-state index in [0.29, 0.717) is 13.0 Å². The van der Waals surface area contributed by atoms with Crippen LogP contribution >= 0.6 is 0 Å². The molecule has 0 saturated carbocycles. The number of amides is 2. The predicted octanol–water partition coefficient (Wildman–Crippen LogP) is 0.0508. The van der Waals surface area contributed by atoms with Crippen molar-refractivity contribution in [2.75, 3.05) is 20.3 Å². The Hall–Kier alpha value is -1.14. The van der Waals surface area contributed by atoms with Gasteiger partial charge in [0.1, 0.15) is 6.04 Å². The standard InChI is InChI=1S/C13H26N2O4/c1-9(15-12(18)13(2,3)4)11(17)14-7-6-10(16)8-19-5/h9-10,16H,6-8H2,1-5H3,(H,14,17)(H,15,18). The van der Waals surface area contributed by atoms with Crippen molar-refractivity contribution in [3.63, 3.8) is 0 Å². The van der Waals surface area contributed by atoms with E-state index in [1.807, 2.05) is 0 Å². The Kier molecular flexibility index (Phi) is 7.63. The molecule has 0 bridgehead atoms. The Labute approximate surface area is 114 Å². The van der Waals surface area contributed by atoms with Gasteiger partial charge in [-0.3, -0.25) is 9.59 Å². The highest BCUT2D eigenvalue weighted by atomic mass is 16.5. The number of hydrogen-bond acceptors (Lipinski definition) is 4. The maximum Gasteiger partial charge on any atom is 0.242 e. The van der Waals surface area contributed by atoms with Gasteiger partial charge < -0.3 is 20.5 Å². The number of carbonyl (C=O) groups is 2. The highest BCUT2D eigenvalue weighted by molar-refractivity contribution is 5.89. The summed E-state index contributed by atoms with van der Waals surface area (Å²) in [7, 11) is 1.51. The maximum atomic E-state index is 11.7. The number of carbonyl (C=O) groups excluding carboxylic acids is 2. The van der Waals surface area contributed by atoms with Crippen molar-refractivity contribution in [3.05, 3.63) is 0 Å². The summed E-state index contributed by atoms with van der Waals surface area (Å²) < 4.78 is 4.78. The Balaban J connectivity index is 3.98. The zero-order valence-corrected chi connectivity index (χ0v) is 12.4. The van der Waals surface area contributed by atoms with Gasteiger partial charge in [0.2, 0.25) is 11.8 Å². The molecule has 2 unspecified atom stereocenters. The lowest BCUT2D eigenvalue weighted by Crippen LogP contribution is -2.48. The second-order valence-corrected chi connectivity index (χ2v) is 5.63. The molecule has 0 heterocycles. The fourth-order valence-corrected chi connectivity index (χ4v) is 1.27. The largest absolute Gasteiger partial charge is 0.391 e. The van der Waals surface area contributed by atoms with Crippen molar-refractivity contribution < 1.29 is 19.4 Å². The molecule has 0 radical (unpaired) electrons. The molecule has 0 aromatic carbocycles. The Morgan fingerprint density at radius 2 is 1.89 bits per heavy atom. The van der Waals surface area contributed by atoms with Crippen molar-refractivity contribution in [2.45, 2.75) is 46.3 Å². The monoisotopic (exact) mass is 274 g/mol. The van der Waals surface area contributed by atoms with Crippen LogP contribution in [-0.2, 0) is 14.3 Å². The molecule has 0 aromatic rings. The van der Waals surface area contributed by atoms with Gasteiger partial charge in [0.25, 0.3) is 0 Å². The third kappa shape index (κ3) is 7.79. The summed E-state index contributed by atoms with van der Waals surface area (Å²) in [6.45, 7) is 7.58. The smallest absolute Gasteiger partial charge is 0.242 e. The molecule has 0 rings (SSSR count). The molecule has 3 N–H and O–H groups in total. The van der Waals surface area contributed by atoms with Crippen molar-refractivity contribution >= 4 is 11.8 Å². The van der Waals surface area contributed by atoms with Gasteiger partial charge in [-0.05, 0) is 13.3 Å². The number of rotatable bonds is 7. The zero-order chi connectivity index (χ0) is 15.1. The zero-order valence-electron chi connectivity index (χ0n) is 12.4. The third-order valence-corrected chi connectivity index (χ3v) is 2.56. The van der Waals surface area contributed by atoms with Crippen LogP contribution in [0.15, 0.2) is 0 Å². The molecule has 0 aromatic heterocycles. The molecule has 6 heteroatoms. The number of ether oxygens (including phenoxy) is 1. The first-order valence-electron chi connectivity index (χ1n) is 6.44. The lowest BCUT2D eigenvalue weighted by molar-refractivity contribution is -0.133. The first-order chi connectivity index (χ1) is 8.68. The molecule has 0 aliphatic carbocycles. The van der Waals surface area contributed by atoms with Crippen LogP contribution < -0.4 is 10.6 Å². The van der Waals surface area contributed by atoms with Crippen LogP contribution in [0.1, 0.15) is 34.1 Å².